The Morgan fingerprint density at radius 2 is 1.77 bits per heavy atom. The Bertz CT molecular complexity index is 1800. The van der Waals surface area contributed by atoms with E-state index < -0.39 is 22.1 Å². The van der Waals surface area contributed by atoms with Crippen LogP contribution in [0.25, 0.3) is 17.3 Å². The molecule has 1 N–H and O–H groups in total. The van der Waals surface area contributed by atoms with Crippen LogP contribution in [-0.4, -0.2) is 53.5 Å². The van der Waals surface area contributed by atoms with Gasteiger partial charge in [0.25, 0.3) is 10.2 Å². The van der Waals surface area contributed by atoms with Gasteiger partial charge < -0.3 is 10.1 Å². The monoisotopic (exact) mass is 643 g/mol. The second-order valence-electron chi connectivity index (χ2n) is 10.1. The number of aromatic nitrogens is 2. The first kappa shape index (κ1) is 30.7. The summed E-state index contributed by atoms with van der Waals surface area (Å²) >= 11 is 12.7. The minimum Gasteiger partial charge on any atom is -0.389 e. The second-order valence-corrected chi connectivity index (χ2v) is 13.1. The molecule has 13 heteroatoms. The highest BCUT2D eigenvalue weighted by atomic mass is 35.5. The van der Waals surface area contributed by atoms with Crippen molar-refractivity contribution in [2.45, 2.75) is 19.5 Å². The van der Waals surface area contributed by atoms with Crippen molar-refractivity contribution in [2.75, 3.05) is 20.6 Å². The molecule has 0 fully saturated rings. The molecule has 1 amide bonds. The Morgan fingerprint density at radius 1 is 1.07 bits per heavy atom. The van der Waals surface area contributed by atoms with Crippen LogP contribution in [0.1, 0.15) is 35.3 Å². The van der Waals surface area contributed by atoms with Crippen LogP contribution in [0.3, 0.4) is 0 Å². The molecule has 0 bridgehead atoms. The highest BCUT2D eigenvalue weighted by molar-refractivity contribution is 7.86. The number of benzene rings is 3. The van der Waals surface area contributed by atoms with E-state index in [-0.39, 0.29) is 30.0 Å². The van der Waals surface area contributed by atoms with Crippen molar-refractivity contribution in [2.24, 2.45) is 0 Å². The number of nitrogens with one attached hydrogen (secondary N) is 1. The van der Waals surface area contributed by atoms with E-state index in [1.807, 2.05) is 37.3 Å². The number of rotatable bonds is 7. The molecule has 1 aliphatic rings. The van der Waals surface area contributed by atoms with Gasteiger partial charge >= 0.3 is 6.09 Å². The first-order chi connectivity index (χ1) is 20.4. The van der Waals surface area contributed by atoms with E-state index >= 15 is 0 Å². The van der Waals surface area contributed by atoms with E-state index in [9.17, 15) is 17.6 Å². The molecule has 3 aromatic carbocycles. The van der Waals surface area contributed by atoms with Gasteiger partial charge in [0, 0.05) is 32.2 Å². The Labute approximate surface area is 259 Å². The average molecular weight is 645 g/mol. The molecule has 1 aromatic heterocycles. The number of hydrogen-bond donors (Lipinski definition) is 1. The van der Waals surface area contributed by atoms with Gasteiger partial charge in [-0.2, -0.15) is 17.0 Å². The average Bonchev–Trinajstić information content (AvgIpc) is 3.32. The standard InChI is InChI=1S/C30H28Cl2FN5O4S/c1-19(21-7-5-4-6-8-21)34-30(39)42-29-25-18-37(43(40,41)36(2)3)17-22(15-20-9-12-24(33)13-10-20)28(25)38(35-29)27-14-11-23(31)16-26(27)32/h4-16,19H,17-18H2,1-3H3,(H,34,39)/b22-15+/t19-/m1/s1. The molecule has 0 unspecified atom stereocenters. The van der Waals surface area contributed by atoms with Crippen LogP contribution in [0.2, 0.25) is 10.0 Å². The third kappa shape index (κ3) is 6.61. The van der Waals surface area contributed by atoms with Crippen molar-refractivity contribution >= 4 is 51.2 Å². The van der Waals surface area contributed by atoms with E-state index in [0.717, 1.165) is 9.87 Å². The summed E-state index contributed by atoms with van der Waals surface area (Å²) in [5.41, 5.74) is 3.27. The number of halogens is 3. The van der Waals surface area contributed by atoms with Gasteiger partial charge in [0.1, 0.15) is 5.82 Å². The zero-order valence-corrected chi connectivity index (χ0v) is 25.8. The molecule has 1 atom stereocenters. The van der Waals surface area contributed by atoms with Crippen molar-refractivity contribution in [3.05, 3.63) is 111 Å². The van der Waals surface area contributed by atoms with Crippen molar-refractivity contribution in [3.63, 3.8) is 0 Å². The van der Waals surface area contributed by atoms with Crippen molar-refractivity contribution in [1.29, 1.82) is 0 Å². The fourth-order valence-electron chi connectivity index (χ4n) is 4.70. The molecular weight excluding hydrogens is 616 g/mol. The van der Waals surface area contributed by atoms with Crippen molar-refractivity contribution in [1.82, 2.24) is 23.7 Å². The maximum absolute atomic E-state index is 13.7. The zero-order valence-electron chi connectivity index (χ0n) is 23.5. The summed E-state index contributed by atoms with van der Waals surface area (Å²) in [5, 5.41) is 8.08. The van der Waals surface area contributed by atoms with E-state index in [2.05, 4.69) is 10.4 Å². The van der Waals surface area contributed by atoms with Gasteiger partial charge in [-0.25, -0.2) is 13.9 Å². The summed E-state index contributed by atoms with van der Waals surface area (Å²) in [7, 11) is -1.05. The predicted molar refractivity (Wildman–Crippen MR) is 165 cm³/mol. The lowest BCUT2D eigenvalue weighted by Gasteiger charge is -2.31. The lowest BCUT2D eigenvalue weighted by Crippen LogP contribution is -2.42. The Morgan fingerprint density at radius 3 is 2.42 bits per heavy atom. The number of ether oxygens (including phenoxy) is 1. The minimum atomic E-state index is -3.91. The fourth-order valence-corrected chi connectivity index (χ4v) is 6.24. The normalized spacial score (nSPS) is 15.4. The lowest BCUT2D eigenvalue weighted by atomic mass is 10.0. The fraction of sp³-hybridized carbons (Fsp3) is 0.200. The van der Waals surface area contributed by atoms with E-state index in [1.54, 1.807) is 36.4 Å². The van der Waals surface area contributed by atoms with Gasteiger partial charge in [-0.15, -0.1) is 5.10 Å². The first-order valence-corrected chi connectivity index (χ1v) is 15.3. The summed E-state index contributed by atoms with van der Waals surface area (Å²) in [5.74, 6) is -0.504. The summed E-state index contributed by atoms with van der Waals surface area (Å²) in [6.07, 6.45) is 0.960. The molecule has 5 rings (SSSR count). The Hall–Kier alpha value is -3.74. The number of hydrogen-bond acceptors (Lipinski definition) is 5. The molecule has 0 spiro atoms. The predicted octanol–water partition coefficient (Wildman–Crippen LogP) is 6.33. The largest absolute Gasteiger partial charge is 0.414 e. The van der Waals surface area contributed by atoms with Crippen LogP contribution in [0.4, 0.5) is 9.18 Å². The molecule has 0 aliphatic carbocycles. The molecule has 43 heavy (non-hydrogen) atoms. The molecule has 0 radical (unpaired) electrons. The Kier molecular flexibility index (Phi) is 8.91. The summed E-state index contributed by atoms with van der Waals surface area (Å²) in [6.45, 7) is 1.63. The molecule has 9 nitrogen and oxygen atoms in total. The van der Waals surface area contributed by atoms with Crippen LogP contribution in [0.5, 0.6) is 5.88 Å². The smallest absolute Gasteiger partial charge is 0.389 e. The molecule has 0 saturated heterocycles. The second kappa shape index (κ2) is 12.5. The maximum Gasteiger partial charge on any atom is 0.414 e. The molecule has 4 aromatic rings. The first-order valence-electron chi connectivity index (χ1n) is 13.2. The summed E-state index contributed by atoms with van der Waals surface area (Å²) in [4.78, 5) is 13.1. The summed E-state index contributed by atoms with van der Waals surface area (Å²) in [6, 6.07) is 19.6. The van der Waals surface area contributed by atoms with E-state index in [4.69, 9.17) is 27.9 Å². The topological polar surface area (TPSA) is 96.8 Å². The molecular formula is C30H28Cl2FN5O4S. The number of amides is 1. The zero-order chi connectivity index (χ0) is 30.9. The van der Waals surface area contributed by atoms with E-state index in [0.29, 0.717) is 33.1 Å². The lowest BCUT2D eigenvalue weighted by molar-refractivity contribution is 0.194. The van der Waals surface area contributed by atoms with Gasteiger partial charge in [0.05, 0.1) is 28.0 Å². The third-order valence-corrected chi connectivity index (χ3v) is 9.26. The van der Waals surface area contributed by atoms with Gasteiger partial charge in [0.15, 0.2) is 0 Å². The number of carbonyl (C=O) groups is 1. The molecule has 0 saturated carbocycles. The van der Waals surface area contributed by atoms with Gasteiger partial charge in [-0.05, 0) is 60.0 Å². The van der Waals surface area contributed by atoms with Gasteiger partial charge in [-0.1, -0.05) is 65.7 Å². The van der Waals surface area contributed by atoms with Crippen molar-refractivity contribution in [3.8, 4) is 11.6 Å². The SMILES string of the molecule is C[C@@H](NC(=O)Oc1nn(-c2ccc(Cl)cc2Cl)c2c1CN(S(=O)(=O)N(C)C)C/C2=C\c1ccc(F)cc1)c1ccccc1. The van der Waals surface area contributed by atoms with Crippen LogP contribution >= 0.6 is 23.2 Å². The maximum atomic E-state index is 13.7. The summed E-state index contributed by atoms with van der Waals surface area (Å²) < 4.78 is 50.0. The third-order valence-electron chi connectivity index (χ3n) is 6.89. The van der Waals surface area contributed by atoms with Gasteiger partial charge in [-0.3, -0.25) is 0 Å². The number of carbonyl (C=O) groups excluding carboxylic acids is 1. The molecule has 2 heterocycles. The molecule has 224 valence electrons. The van der Waals surface area contributed by atoms with Crippen LogP contribution in [0, 0.1) is 5.82 Å². The molecule has 1 aliphatic heterocycles. The highest BCUT2D eigenvalue weighted by Gasteiger charge is 2.37. The van der Waals surface area contributed by atoms with Crippen molar-refractivity contribution < 1.29 is 22.3 Å². The van der Waals surface area contributed by atoms with Crippen LogP contribution in [-0.2, 0) is 16.8 Å². The Balaban J connectivity index is 1.65. The quantitative estimate of drug-likeness (QED) is 0.254. The highest BCUT2D eigenvalue weighted by Crippen LogP contribution is 2.39. The minimum absolute atomic E-state index is 0.0432. The van der Waals surface area contributed by atoms with Crippen LogP contribution < -0.4 is 10.1 Å². The van der Waals surface area contributed by atoms with E-state index in [1.165, 1.54) is 35.2 Å². The number of nitrogens with zero attached hydrogens (tertiary/aromatic N) is 4. The van der Waals surface area contributed by atoms with Gasteiger partial charge in [0.2, 0.25) is 5.88 Å². The van der Waals surface area contributed by atoms with Crippen LogP contribution in [0.15, 0.2) is 72.8 Å². The number of fused-ring (bicyclic) bond motifs is 1.